The van der Waals surface area contributed by atoms with Gasteiger partial charge >= 0.3 is 6.09 Å². The van der Waals surface area contributed by atoms with Crippen molar-refractivity contribution in [2.24, 2.45) is 0 Å². The molecule has 148 valence electrons. The molecule has 0 unspecified atom stereocenters. The fourth-order valence-corrected chi connectivity index (χ4v) is 2.86. The zero-order valence-electron chi connectivity index (χ0n) is 16.0. The van der Waals surface area contributed by atoms with Crippen molar-refractivity contribution < 1.29 is 19.1 Å². The Kier molecular flexibility index (Phi) is 8.03. The Labute approximate surface area is 159 Å². The van der Waals surface area contributed by atoms with Crippen molar-refractivity contribution in [2.45, 2.75) is 45.6 Å². The monoisotopic (exact) mass is 376 g/mol. The van der Waals surface area contributed by atoms with E-state index in [2.05, 4.69) is 22.5 Å². The van der Waals surface area contributed by atoms with Crippen LogP contribution in [0, 0.1) is 0 Å². The molecule has 1 fully saturated rings. The molecular formula is C19H28N4O4. The molecule has 2 N–H and O–H groups in total. The number of pyridine rings is 1. The maximum atomic E-state index is 12.5. The molecule has 1 aliphatic heterocycles. The molecule has 0 aliphatic carbocycles. The van der Waals surface area contributed by atoms with Gasteiger partial charge < -0.3 is 20.3 Å². The molecule has 2 heterocycles. The van der Waals surface area contributed by atoms with Crippen LogP contribution >= 0.6 is 0 Å². The number of hydrogen-bond donors (Lipinski definition) is 2. The van der Waals surface area contributed by atoms with Crippen LogP contribution in [0.5, 0.6) is 0 Å². The van der Waals surface area contributed by atoms with Gasteiger partial charge in [-0.15, -0.1) is 0 Å². The average molecular weight is 376 g/mol. The third kappa shape index (κ3) is 6.23. The zero-order chi connectivity index (χ0) is 19.6. The van der Waals surface area contributed by atoms with Crippen molar-refractivity contribution in [3.8, 4) is 0 Å². The van der Waals surface area contributed by atoms with Crippen LogP contribution < -0.4 is 10.6 Å². The molecule has 0 saturated carbocycles. The van der Waals surface area contributed by atoms with E-state index in [-0.39, 0.29) is 23.9 Å². The summed E-state index contributed by atoms with van der Waals surface area (Å²) in [6, 6.07) is 1.53. The quantitative estimate of drug-likeness (QED) is 0.709. The highest BCUT2D eigenvalue weighted by molar-refractivity contribution is 5.99. The van der Waals surface area contributed by atoms with Crippen LogP contribution in [-0.2, 0) is 4.74 Å². The van der Waals surface area contributed by atoms with E-state index in [1.807, 2.05) is 0 Å². The molecule has 8 nitrogen and oxygen atoms in total. The van der Waals surface area contributed by atoms with Crippen molar-refractivity contribution in [3.05, 3.63) is 29.6 Å². The van der Waals surface area contributed by atoms with E-state index in [9.17, 15) is 14.4 Å². The lowest BCUT2D eigenvalue weighted by atomic mass is 10.0. The lowest BCUT2D eigenvalue weighted by Gasteiger charge is -2.31. The van der Waals surface area contributed by atoms with E-state index in [4.69, 9.17) is 4.74 Å². The number of rotatable bonds is 7. The molecule has 2 rings (SSSR count). The van der Waals surface area contributed by atoms with Gasteiger partial charge in [0.2, 0.25) is 0 Å². The van der Waals surface area contributed by atoms with E-state index < -0.39 is 0 Å². The molecule has 0 bridgehead atoms. The highest BCUT2D eigenvalue weighted by Gasteiger charge is 2.25. The third-order valence-electron chi connectivity index (χ3n) is 4.43. The van der Waals surface area contributed by atoms with Gasteiger partial charge in [0, 0.05) is 38.1 Å². The summed E-state index contributed by atoms with van der Waals surface area (Å²) in [5.41, 5.74) is 0.724. The summed E-state index contributed by atoms with van der Waals surface area (Å²) in [6.07, 6.45) is 5.82. The fraction of sp³-hybridized carbons (Fsp3) is 0.579. The summed E-state index contributed by atoms with van der Waals surface area (Å²) in [7, 11) is 0. The average Bonchev–Trinajstić information content (AvgIpc) is 2.69. The van der Waals surface area contributed by atoms with Crippen molar-refractivity contribution in [1.29, 1.82) is 0 Å². The molecule has 1 aliphatic rings. The smallest absolute Gasteiger partial charge is 0.409 e. The topological polar surface area (TPSA) is 101 Å². The number of carbonyl (C=O) groups excluding carboxylic acids is 3. The molecule has 0 spiro atoms. The first kappa shape index (κ1) is 20.7. The van der Waals surface area contributed by atoms with Crippen LogP contribution in [0.15, 0.2) is 18.5 Å². The minimum Gasteiger partial charge on any atom is -0.450 e. The van der Waals surface area contributed by atoms with Crippen LogP contribution in [0.4, 0.5) is 4.79 Å². The number of piperidine rings is 1. The first-order chi connectivity index (χ1) is 13.0. The van der Waals surface area contributed by atoms with Crippen LogP contribution in [0.1, 0.15) is 60.2 Å². The lowest BCUT2D eigenvalue weighted by Crippen LogP contribution is -2.46. The Hall–Kier alpha value is -2.64. The van der Waals surface area contributed by atoms with Crippen LogP contribution in [0.25, 0.3) is 0 Å². The van der Waals surface area contributed by atoms with Gasteiger partial charge in [0.15, 0.2) is 0 Å². The molecule has 0 aromatic carbocycles. The predicted molar refractivity (Wildman–Crippen MR) is 101 cm³/mol. The third-order valence-corrected chi connectivity index (χ3v) is 4.43. The summed E-state index contributed by atoms with van der Waals surface area (Å²) < 4.78 is 4.99. The van der Waals surface area contributed by atoms with Gasteiger partial charge in [0.1, 0.15) is 0 Å². The van der Waals surface area contributed by atoms with Crippen molar-refractivity contribution >= 4 is 17.9 Å². The highest BCUT2D eigenvalue weighted by atomic mass is 16.6. The summed E-state index contributed by atoms with van der Waals surface area (Å²) in [5, 5.41) is 5.77. The maximum Gasteiger partial charge on any atom is 0.409 e. The molecule has 27 heavy (non-hydrogen) atoms. The largest absolute Gasteiger partial charge is 0.450 e. The van der Waals surface area contributed by atoms with Crippen molar-refractivity contribution in [2.75, 3.05) is 26.2 Å². The summed E-state index contributed by atoms with van der Waals surface area (Å²) in [5.74, 6) is -0.492. The predicted octanol–water partition coefficient (Wildman–Crippen LogP) is 1.96. The van der Waals surface area contributed by atoms with Crippen LogP contribution in [0.3, 0.4) is 0 Å². The van der Waals surface area contributed by atoms with Gasteiger partial charge in [-0.05, 0) is 32.3 Å². The molecule has 1 aromatic heterocycles. The van der Waals surface area contributed by atoms with E-state index in [0.29, 0.717) is 50.2 Å². The normalized spacial score (nSPS) is 14.5. The van der Waals surface area contributed by atoms with E-state index in [1.165, 1.54) is 12.4 Å². The number of hydrogen-bond acceptors (Lipinski definition) is 5. The summed E-state index contributed by atoms with van der Waals surface area (Å²) >= 11 is 0. The van der Waals surface area contributed by atoms with Gasteiger partial charge in [-0.3, -0.25) is 14.6 Å². The Morgan fingerprint density at radius 1 is 1.15 bits per heavy atom. The molecular weight excluding hydrogens is 348 g/mol. The number of unbranched alkanes of at least 4 members (excludes halogenated alkanes) is 1. The van der Waals surface area contributed by atoms with Gasteiger partial charge in [-0.2, -0.15) is 0 Å². The number of likely N-dealkylation sites (tertiary alicyclic amines) is 1. The molecule has 1 aromatic rings. The van der Waals surface area contributed by atoms with E-state index in [0.717, 1.165) is 12.8 Å². The number of aromatic nitrogens is 1. The Balaban J connectivity index is 1.87. The van der Waals surface area contributed by atoms with Crippen molar-refractivity contribution in [1.82, 2.24) is 20.5 Å². The molecule has 0 atom stereocenters. The fourth-order valence-electron chi connectivity index (χ4n) is 2.86. The maximum absolute atomic E-state index is 12.5. The summed E-state index contributed by atoms with van der Waals surface area (Å²) in [6.45, 7) is 5.87. The van der Waals surface area contributed by atoms with Crippen LogP contribution in [-0.4, -0.2) is 60.1 Å². The van der Waals surface area contributed by atoms with E-state index >= 15 is 0 Å². The van der Waals surface area contributed by atoms with Crippen molar-refractivity contribution in [3.63, 3.8) is 0 Å². The Morgan fingerprint density at radius 2 is 1.81 bits per heavy atom. The van der Waals surface area contributed by atoms with Gasteiger partial charge in [0.05, 0.1) is 17.7 Å². The minimum absolute atomic E-state index is 0.0230. The number of nitrogens with zero attached hydrogens (tertiary/aromatic N) is 2. The highest BCUT2D eigenvalue weighted by Crippen LogP contribution is 2.13. The Morgan fingerprint density at radius 3 is 2.44 bits per heavy atom. The van der Waals surface area contributed by atoms with Gasteiger partial charge in [0.25, 0.3) is 11.8 Å². The zero-order valence-corrected chi connectivity index (χ0v) is 16.0. The molecule has 3 amide bonds. The number of nitrogens with one attached hydrogen (secondary N) is 2. The Bertz CT molecular complexity index is 657. The minimum atomic E-state index is -0.312. The molecule has 1 saturated heterocycles. The van der Waals surface area contributed by atoms with Gasteiger partial charge in [-0.1, -0.05) is 13.3 Å². The molecule has 8 heteroatoms. The lowest BCUT2D eigenvalue weighted by molar-refractivity contribution is 0.0859. The molecule has 0 radical (unpaired) electrons. The van der Waals surface area contributed by atoms with Gasteiger partial charge in [-0.25, -0.2) is 4.79 Å². The second kappa shape index (κ2) is 10.5. The number of ether oxygens (including phenoxy) is 1. The second-order valence-corrected chi connectivity index (χ2v) is 6.51. The SMILES string of the molecule is CCCCNC(=O)c1cncc(C(=O)NC2CCN(C(=O)OCC)CC2)c1. The summed E-state index contributed by atoms with van der Waals surface area (Å²) in [4.78, 5) is 42.0. The standard InChI is InChI=1S/C19H28N4O4/c1-3-5-8-21-17(24)14-11-15(13-20-12-14)18(25)22-16-6-9-23(10-7-16)19(26)27-4-2/h11-13,16H,3-10H2,1-2H3,(H,21,24)(H,22,25). The van der Waals surface area contributed by atoms with Crippen LogP contribution in [0.2, 0.25) is 0 Å². The first-order valence-corrected chi connectivity index (χ1v) is 9.51. The number of amides is 3. The second-order valence-electron chi connectivity index (χ2n) is 6.51. The van der Waals surface area contributed by atoms with E-state index in [1.54, 1.807) is 17.9 Å². The number of carbonyl (C=O) groups is 3. The first-order valence-electron chi connectivity index (χ1n) is 9.51.